The summed E-state index contributed by atoms with van der Waals surface area (Å²) in [6.45, 7) is 1.16. The van der Waals surface area contributed by atoms with Crippen LogP contribution in [0.4, 0.5) is 0 Å². The van der Waals surface area contributed by atoms with E-state index < -0.39 is 0 Å². The minimum absolute atomic E-state index is 0.115. The average molecular weight is 346 g/mol. The van der Waals surface area contributed by atoms with Gasteiger partial charge < -0.3 is 10.2 Å². The molecule has 0 radical (unpaired) electrons. The highest BCUT2D eigenvalue weighted by Crippen LogP contribution is 2.18. The van der Waals surface area contributed by atoms with Crippen LogP contribution in [0.3, 0.4) is 0 Å². The Hall–Kier alpha value is -3.41. The van der Waals surface area contributed by atoms with Gasteiger partial charge in [0.2, 0.25) is 5.91 Å². The van der Waals surface area contributed by atoms with Gasteiger partial charge in [-0.25, -0.2) is 0 Å². The lowest BCUT2D eigenvalue weighted by Crippen LogP contribution is -2.49. The number of hydrogen-bond donors (Lipinski definition) is 2. The van der Waals surface area contributed by atoms with Gasteiger partial charge in [0.1, 0.15) is 0 Å². The maximum atomic E-state index is 12.5. The predicted octanol–water partition coefficient (Wildman–Crippen LogP) is 2.31. The fourth-order valence-corrected chi connectivity index (χ4v) is 3.02. The van der Waals surface area contributed by atoms with Crippen LogP contribution in [0.5, 0.6) is 0 Å². The van der Waals surface area contributed by atoms with Crippen LogP contribution < -0.4 is 5.32 Å². The molecule has 2 heterocycles. The normalized spacial score (nSPS) is 14.8. The number of nitrogens with zero attached hydrogens (tertiary/aromatic N) is 2. The summed E-state index contributed by atoms with van der Waals surface area (Å²) in [5.41, 5.74) is 3.44. The molecule has 0 bridgehead atoms. The molecule has 1 aliphatic heterocycles. The number of hydrogen-bond acceptors (Lipinski definition) is 3. The Morgan fingerprint density at radius 1 is 1.08 bits per heavy atom. The lowest BCUT2D eigenvalue weighted by Gasteiger charge is -2.26. The Balaban J connectivity index is 1.49. The summed E-state index contributed by atoms with van der Waals surface area (Å²) in [6.07, 6.45) is 3.91. The van der Waals surface area contributed by atoms with E-state index in [1.807, 2.05) is 48.6 Å². The fraction of sp³-hybridized carbons (Fsp3) is 0.150. The zero-order chi connectivity index (χ0) is 17.9. The average Bonchev–Trinajstić information content (AvgIpc) is 3.09. The summed E-state index contributed by atoms with van der Waals surface area (Å²) in [7, 11) is 0. The Morgan fingerprint density at radius 2 is 1.88 bits per heavy atom. The number of H-pyrrole nitrogens is 1. The van der Waals surface area contributed by atoms with Crippen molar-refractivity contribution >= 4 is 34.9 Å². The molecule has 6 heteroatoms. The first-order valence-electron chi connectivity index (χ1n) is 8.48. The second kappa shape index (κ2) is 6.84. The topological polar surface area (TPSA) is 78.1 Å². The third-order valence-electron chi connectivity index (χ3n) is 4.42. The molecule has 0 atom stereocenters. The lowest BCUT2D eigenvalue weighted by atomic mass is 10.1. The quantitative estimate of drug-likeness (QED) is 0.764. The van der Waals surface area contributed by atoms with Gasteiger partial charge in [-0.05, 0) is 29.8 Å². The highest BCUT2D eigenvalue weighted by Gasteiger charge is 2.21. The minimum atomic E-state index is -0.117. The zero-order valence-corrected chi connectivity index (χ0v) is 14.1. The van der Waals surface area contributed by atoms with Crippen molar-refractivity contribution in [1.82, 2.24) is 20.4 Å². The minimum Gasteiger partial charge on any atom is -0.353 e. The molecule has 1 saturated heterocycles. The maximum absolute atomic E-state index is 12.5. The first-order chi connectivity index (χ1) is 12.7. The molecule has 3 aromatic rings. The van der Waals surface area contributed by atoms with E-state index in [4.69, 9.17) is 0 Å². The van der Waals surface area contributed by atoms with Gasteiger partial charge in [0.05, 0.1) is 17.8 Å². The number of aromatic amines is 1. The third kappa shape index (κ3) is 3.21. The molecule has 2 amide bonds. The van der Waals surface area contributed by atoms with Crippen molar-refractivity contribution < 1.29 is 9.59 Å². The Kier molecular flexibility index (Phi) is 4.23. The third-order valence-corrected chi connectivity index (χ3v) is 4.42. The summed E-state index contributed by atoms with van der Waals surface area (Å²) >= 11 is 0. The van der Waals surface area contributed by atoms with Gasteiger partial charge in [0.25, 0.3) is 5.91 Å². The van der Waals surface area contributed by atoms with Crippen LogP contribution in [-0.4, -0.2) is 46.5 Å². The van der Waals surface area contributed by atoms with Crippen LogP contribution in [0.2, 0.25) is 0 Å². The first kappa shape index (κ1) is 16.1. The Bertz CT molecular complexity index is 988. The summed E-state index contributed by atoms with van der Waals surface area (Å²) in [4.78, 5) is 25.5. The number of carbonyl (C=O) groups is 2. The molecule has 130 valence electrons. The second-order valence-corrected chi connectivity index (χ2v) is 6.19. The van der Waals surface area contributed by atoms with Gasteiger partial charge in [0.15, 0.2) is 0 Å². The van der Waals surface area contributed by atoms with Crippen molar-refractivity contribution in [3.8, 4) is 0 Å². The molecule has 2 aromatic carbocycles. The van der Waals surface area contributed by atoms with E-state index in [9.17, 15) is 9.59 Å². The largest absolute Gasteiger partial charge is 0.353 e. The van der Waals surface area contributed by atoms with Crippen molar-refractivity contribution in [2.24, 2.45) is 0 Å². The van der Waals surface area contributed by atoms with Crippen LogP contribution in [0.15, 0.2) is 48.5 Å². The zero-order valence-electron chi connectivity index (χ0n) is 14.1. The van der Waals surface area contributed by atoms with E-state index in [1.54, 1.807) is 17.0 Å². The smallest absolute Gasteiger partial charge is 0.254 e. The van der Waals surface area contributed by atoms with Gasteiger partial charge in [-0.1, -0.05) is 36.4 Å². The summed E-state index contributed by atoms with van der Waals surface area (Å²) in [5.74, 6) is -0.232. The van der Waals surface area contributed by atoms with Crippen molar-refractivity contribution in [2.45, 2.75) is 0 Å². The monoisotopic (exact) mass is 346 g/mol. The number of nitrogens with one attached hydrogen (secondary N) is 2. The van der Waals surface area contributed by atoms with Crippen molar-refractivity contribution in [3.63, 3.8) is 0 Å². The molecular formula is C20H18N4O2. The number of para-hydroxylation sites is 1. The molecule has 0 spiro atoms. The molecule has 4 rings (SSSR count). The van der Waals surface area contributed by atoms with E-state index in [2.05, 4.69) is 15.5 Å². The van der Waals surface area contributed by atoms with Crippen LogP contribution in [-0.2, 0) is 4.79 Å². The highest BCUT2D eigenvalue weighted by molar-refractivity contribution is 5.97. The predicted molar refractivity (Wildman–Crippen MR) is 100 cm³/mol. The molecular weight excluding hydrogens is 328 g/mol. The highest BCUT2D eigenvalue weighted by atomic mass is 16.2. The molecule has 0 unspecified atom stereocenters. The van der Waals surface area contributed by atoms with Gasteiger partial charge >= 0.3 is 0 Å². The molecule has 1 aliphatic rings. The van der Waals surface area contributed by atoms with E-state index in [1.165, 1.54) is 0 Å². The van der Waals surface area contributed by atoms with Crippen LogP contribution in [0.1, 0.15) is 21.6 Å². The summed E-state index contributed by atoms with van der Waals surface area (Å²) in [5, 5.41) is 11.1. The van der Waals surface area contributed by atoms with E-state index in [-0.39, 0.29) is 18.4 Å². The van der Waals surface area contributed by atoms with E-state index in [0.717, 1.165) is 22.2 Å². The van der Waals surface area contributed by atoms with Crippen molar-refractivity contribution in [1.29, 1.82) is 0 Å². The van der Waals surface area contributed by atoms with Gasteiger partial charge in [0, 0.05) is 24.0 Å². The standard InChI is InChI=1S/C20H18N4O2/c25-19-13-24(12-11-21-19)20(26)15-8-5-14(6-9-15)7-10-18-16-3-1-2-4-17(16)22-23-18/h1-10H,11-13H2,(H,21,25)(H,22,23). The molecule has 0 saturated carbocycles. The number of piperazine rings is 1. The van der Waals surface area contributed by atoms with Gasteiger partial charge in [-0.2, -0.15) is 5.10 Å². The second-order valence-electron chi connectivity index (χ2n) is 6.19. The van der Waals surface area contributed by atoms with Crippen LogP contribution >= 0.6 is 0 Å². The number of aromatic nitrogens is 2. The van der Waals surface area contributed by atoms with Gasteiger partial charge in [-0.15, -0.1) is 0 Å². The molecule has 0 aliphatic carbocycles. The fourth-order valence-electron chi connectivity index (χ4n) is 3.02. The van der Waals surface area contributed by atoms with Crippen LogP contribution in [0.25, 0.3) is 23.1 Å². The molecule has 2 N–H and O–H groups in total. The SMILES string of the molecule is O=C1CN(C(=O)c2ccc(C=Cc3n[nH]c4ccccc34)cc2)CCN1. The van der Waals surface area contributed by atoms with Crippen LogP contribution in [0, 0.1) is 0 Å². The number of rotatable bonds is 3. The Morgan fingerprint density at radius 3 is 2.69 bits per heavy atom. The van der Waals surface area contributed by atoms with Crippen molar-refractivity contribution in [2.75, 3.05) is 19.6 Å². The number of carbonyl (C=O) groups excluding carboxylic acids is 2. The van der Waals surface area contributed by atoms with Gasteiger partial charge in [-0.3, -0.25) is 14.7 Å². The molecule has 26 heavy (non-hydrogen) atoms. The molecule has 1 aromatic heterocycles. The first-order valence-corrected chi connectivity index (χ1v) is 8.48. The maximum Gasteiger partial charge on any atom is 0.254 e. The summed E-state index contributed by atoms with van der Waals surface area (Å²) in [6, 6.07) is 15.3. The number of benzene rings is 2. The molecule has 6 nitrogen and oxygen atoms in total. The van der Waals surface area contributed by atoms with E-state index >= 15 is 0 Å². The lowest BCUT2D eigenvalue weighted by molar-refractivity contribution is -0.123. The number of fused-ring (bicyclic) bond motifs is 1. The summed E-state index contributed by atoms with van der Waals surface area (Å²) < 4.78 is 0. The Labute approximate surface area is 150 Å². The van der Waals surface area contributed by atoms with Crippen molar-refractivity contribution in [3.05, 3.63) is 65.4 Å². The molecule has 1 fully saturated rings. The van der Waals surface area contributed by atoms with E-state index in [0.29, 0.717) is 18.7 Å². The number of amides is 2.